The Morgan fingerprint density at radius 3 is 1.73 bits per heavy atom. The van der Waals surface area contributed by atoms with Gasteiger partial charge in [-0.15, -0.1) is 0 Å². The molecule has 0 aliphatic rings. The van der Waals surface area contributed by atoms with Gasteiger partial charge in [0.05, 0.1) is 13.1 Å². The number of nitrogens with zero attached hydrogens (tertiary/aromatic N) is 2. The third-order valence-electron chi connectivity index (χ3n) is 4.70. The third-order valence-corrected chi connectivity index (χ3v) is 4.70. The van der Waals surface area contributed by atoms with Crippen molar-refractivity contribution in [1.29, 1.82) is 0 Å². The molecule has 0 heterocycles. The van der Waals surface area contributed by atoms with Gasteiger partial charge in [-0.1, -0.05) is 36.4 Å². The predicted octanol–water partition coefficient (Wildman–Crippen LogP) is 1.55. The zero-order valence-corrected chi connectivity index (χ0v) is 18.3. The van der Waals surface area contributed by atoms with Crippen LogP contribution in [-0.2, 0) is 36.9 Å². The van der Waals surface area contributed by atoms with Gasteiger partial charge in [-0.05, 0) is 12.1 Å². The van der Waals surface area contributed by atoms with Crippen molar-refractivity contribution in [3.63, 3.8) is 0 Å². The van der Waals surface area contributed by atoms with Gasteiger partial charge in [-0.2, -0.15) is 0 Å². The van der Waals surface area contributed by atoms with Gasteiger partial charge in [0, 0.05) is 44.2 Å². The molecular formula is C23H28N2O8. The van der Waals surface area contributed by atoms with E-state index in [0.717, 1.165) is 0 Å². The van der Waals surface area contributed by atoms with Crippen LogP contribution in [0.1, 0.15) is 18.1 Å². The van der Waals surface area contributed by atoms with Crippen molar-refractivity contribution < 1.29 is 39.2 Å². The molecule has 0 atom stereocenters. The molecule has 0 bridgehead atoms. The first-order valence-corrected chi connectivity index (χ1v) is 10.2. The summed E-state index contributed by atoms with van der Waals surface area (Å²) in [5, 5.41) is 29.4. The van der Waals surface area contributed by atoms with Crippen LogP contribution in [0.5, 0.6) is 11.5 Å². The van der Waals surface area contributed by atoms with E-state index < -0.39 is 24.7 Å². The maximum absolute atomic E-state index is 12.2. The number of hydrogen-bond donors (Lipinski definition) is 3. The second-order valence-corrected chi connectivity index (χ2v) is 7.34. The highest BCUT2D eigenvalue weighted by atomic mass is 16.7. The third kappa shape index (κ3) is 9.58. The quantitative estimate of drug-likeness (QED) is 0.298. The van der Waals surface area contributed by atoms with E-state index in [1.54, 1.807) is 46.2 Å². The zero-order valence-electron chi connectivity index (χ0n) is 18.3. The Bertz CT molecular complexity index is 950. The number of esters is 2. The number of para-hydroxylation sites is 2. The van der Waals surface area contributed by atoms with Crippen LogP contribution >= 0.6 is 0 Å². The maximum Gasteiger partial charge on any atom is 0.323 e. The Hall–Kier alpha value is -3.63. The summed E-state index contributed by atoms with van der Waals surface area (Å²) in [5.74, 6) is -2.13. The highest BCUT2D eigenvalue weighted by Gasteiger charge is 2.18. The normalized spacial score (nSPS) is 10.9. The first-order valence-electron chi connectivity index (χ1n) is 10.2. The lowest BCUT2D eigenvalue weighted by atomic mass is 10.1. The lowest BCUT2D eigenvalue weighted by molar-refractivity contribution is -0.166. The van der Waals surface area contributed by atoms with Crippen molar-refractivity contribution in [1.82, 2.24) is 9.80 Å². The van der Waals surface area contributed by atoms with E-state index in [1.807, 2.05) is 0 Å². The first kappa shape index (κ1) is 25.6. The lowest BCUT2D eigenvalue weighted by Crippen LogP contribution is -2.39. The van der Waals surface area contributed by atoms with Crippen molar-refractivity contribution >= 4 is 17.9 Å². The van der Waals surface area contributed by atoms with Crippen molar-refractivity contribution in [2.75, 3.05) is 33.0 Å². The molecule has 2 aromatic rings. The molecule has 0 fully saturated rings. The summed E-state index contributed by atoms with van der Waals surface area (Å²) in [6, 6.07) is 13.3. The number of phenolic OH excluding ortho intramolecular Hbond substituents is 2. The highest BCUT2D eigenvalue weighted by molar-refractivity contribution is 5.72. The van der Waals surface area contributed by atoms with E-state index >= 15 is 0 Å². The topological polar surface area (TPSA) is 137 Å². The number of phenols is 2. The smallest absolute Gasteiger partial charge is 0.323 e. The van der Waals surface area contributed by atoms with Crippen LogP contribution in [-0.4, -0.2) is 76.0 Å². The van der Waals surface area contributed by atoms with Crippen molar-refractivity contribution in [2.45, 2.75) is 20.0 Å². The highest BCUT2D eigenvalue weighted by Crippen LogP contribution is 2.19. The number of ether oxygens (including phenoxy) is 2. The van der Waals surface area contributed by atoms with Gasteiger partial charge in [0.25, 0.3) is 0 Å². The molecule has 0 saturated heterocycles. The van der Waals surface area contributed by atoms with Gasteiger partial charge in [-0.25, -0.2) is 0 Å². The largest absolute Gasteiger partial charge is 0.508 e. The molecule has 0 amide bonds. The summed E-state index contributed by atoms with van der Waals surface area (Å²) in [5.41, 5.74) is 1.16. The zero-order chi connectivity index (χ0) is 24.2. The van der Waals surface area contributed by atoms with E-state index in [4.69, 9.17) is 4.74 Å². The van der Waals surface area contributed by atoms with E-state index in [-0.39, 0.29) is 50.8 Å². The summed E-state index contributed by atoms with van der Waals surface area (Å²) in [4.78, 5) is 37.7. The van der Waals surface area contributed by atoms with Crippen LogP contribution in [0, 0.1) is 0 Å². The maximum atomic E-state index is 12.2. The second-order valence-electron chi connectivity index (χ2n) is 7.34. The Morgan fingerprint density at radius 1 is 0.788 bits per heavy atom. The van der Waals surface area contributed by atoms with Gasteiger partial charge in [0.15, 0.2) is 0 Å². The minimum atomic E-state index is -1.03. The summed E-state index contributed by atoms with van der Waals surface area (Å²) in [6.45, 7) is 1.16. The minimum Gasteiger partial charge on any atom is -0.508 e. The molecule has 2 aromatic carbocycles. The summed E-state index contributed by atoms with van der Waals surface area (Å²) < 4.78 is 9.52. The van der Waals surface area contributed by atoms with Crippen LogP contribution in [0.4, 0.5) is 0 Å². The Labute approximate surface area is 191 Å². The summed E-state index contributed by atoms with van der Waals surface area (Å²) in [6.07, 6.45) is 0. The predicted molar refractivity (Wildman–Crippen MR) is 117 cm³/mol. The van der Waals surface area contributed by atoms with Gasteiger partial charge in [0.2, 0.25) is 6.79 Å². The Morgan fingerprint density at radius 2 is 1.27 bits per heavy atom. The van der Waals surface area contributed by atoms with E-state index in [9.17, 15) is 29.7 Å². The number of carbonyl (C=O) groups excluding carboxylic acids is 2. The number of rotatable bonds is 13. The number of hydrogen-bond acceptors (Lipinski definition) is 9. The number of carboxylic acids is 1. The fourth-order valence-electron chi connectivity index (χ4n) is 3.08. The van der Waals surface area contributed by atoms with Crippen LogP contribution in [0.25, 0.3) is 0 Å². The molecule has 10 heteroatoms. The molecule has 178 valence electrons. The number of carbonyl (C=O) groups is 3. The monoisotopic (exact) mass is 460 g/mol. The van der Waals surface area contributed by atoms with Gasteiger partial charge in [-0.3, -0.25) is 24.2 Å². The number of aromatic hydroxyl groups is 2. The van der Waals surface area contributed by atoms with E-state index in [2.05, 4.69) is 4.74 Å². The molecule has 33 heavy (non-hydrogen) atoms. The van der Waals surface area contributed by atoms with Gasteiger partial charge < -0.3 is 24.8 Å². The van der Waals surface area contributed by atoms with Crippen LogP contribution < -0.4 is 0 Å². The van der Waals surface area contributed by atoms with Crippen molar-refractivity contribution in [2.24, 2.45) is 0 Å². The lowest BCUT2D eigenvalue weighted by Gasteiger charge is -2.26. The Kier molecular flexibility index (Phi) is 10.1. The van der Waals surface area contributed by atoms with Crippen LogP contribution in [0.2, 0.25) is 0 Å². The van der Waals surface area contributed by atoms with Gasteiger partial charge >= 0.3 is 17.9 Å². The van der Waals surface area contributed by atoms with Crippen molar-refractivity contribution in [3.8, 4) is 11.5 Å². The molecule has 3 N–H and O–H groups in total. The molecule has 0 aromatic heterocycles. The molecule has 0 aliphatic heterocycles. The number of aliphatic carboxylic acids is 1. The number of benzene rings is 2. The van der Waals surface area contributed by atoms with Gasteiger partial charge in [0.1, 0.15) is 11.5 Å². The number of carboxylic acid groups (broad SMARTS) is 1. The molecule has 0 aliphatic carbocycles. The molecular weight excluding hydrogens is 432 g/mol. The summed E-state index contributed by atoms with van der Waals surface area (Å²) in [7, 11) is 0. The fraction of sp³-hybridized carbons (Fsp3) is 0.348. The first-order chi connectivity index (χ1) is 15.7. The molecule has 0 unspecified atom stereocenters. The summed E-state index contributed by atoms with van der Waals surface area (Å²) >= 11 is 0. The van der Waals surface area contributed by atoms with E-state index in [1.165, 1.54) is 19.1 Å². The van der Waals surface area contributed by atoms with Crippen LogP contribution in [0.15, 0.2) is 48.5 Å². The van der Waals surface area contributed by atoms with E-state index in [0.29, 0.717) is 11.1 Å². The molecule has 10 nitrogen and oxygen atoms in total. The SMILES string of the molecule is CC(=O)OCOC(=O)CN(CCN(CC(=O)O)Cc1ccccc1O)Cc1ccccc1O. The molecule has 2 rings (SSSR count). The molecule has 0 saturated carbocycles. The average molecular weight is 460 g/mol. The second kappa shape index (κ2) is 13.0. The molecule has 0 spiro atoms. The Balaban J connectivity index is 2.08. The van der Waals surface area contributed by atoms with Crippen molar-refractivity contribution in [3.05, 3.63) is 59.7 Å². The fourth-order valence-corrected chi connectivity index (χ4v) is 3.08. The minimum absolute atomic E-state index is 0.0624. The van der Waals surface area contributed by atoms with Crippen LogP contribution in [0.3, 0.4) is 0 Å². The molecule has 0 radical (unpaired) electrons. The average Bonchev–Trinajstić information content (AvgIpc) is 2.74. The standard InChI is InChI=1S/C23H28N2O8/c1-17(26)32-16-33-23(31)15-25(13-19-7-3-5-9-21(19)28)11-10-24(14-22(29)30)12-18-6-2-4-8-20(18)27/h2-9,27-28H,10-16H2,1H3,(H,29,30).